The summed E-state index contributed by atoms with van der Waals surface area (Å²) in [5.74, 6) is 0.497. The number of piperidine rings is 1. The zero-order valence-electron chi connectivity index (χ0n) is 19.0. The summed E-state index contributed by atoms with van der Waals surface area (Å²) in [6, 6.07) is 10.1. The van der Waals surface area contributed by atoms with Gasteiger partial charge in [-0.15, -0.1) is 0 Å². The second-order valence-corrected chi connectivity index (χ2v) is 11.5. The summed E-state index contributed by atoms with van der Waals surface area (Å²) in [5, 5.41) is 3.84. The average Bonchev–Trinajstić information content (AvgIpc) is 3.29. The van der Waals surface area contributed by atoms with E-state index >= 15 is 0 Å². The number of fused-ring (bicyclic) bond motifs is 1. The molecule has 1 spiro atoms. The van der Waals surface area contributed by atoms with Crippen LogP contribution in [0, 0.1) is 11.3 Å². The topological polar surface area (TPSA) is 110 Å². The Labute approximate surface area is 198 Å². The minimum absolute atomic E-state index is 0.0189. The van der Waals surface area contributed by atoms with Crippen LogP contribution in [0.25, 0.3) is 11.0 Å². The molecule has 1 atom stereocenters. The molecule has 1 N–H and O–H groups in total. The number of nitrogens with zero attached hydrogens (tertiary/aromatic N) is 2. The molecule has 3 aromatic rings. The fraction of sp³-hybridized carbons (Fsp3) is 0.400. The van der Waals surface area contributed by atoms with Crippen molar-refractivity contribution in [1.29, 1.82) is 0 Å². The van der Waals surface area contributed by atoms with E-state index in [2.05, 4.69) is 10.3 Å². The Kier molecular flexibility index (Phi) is 5.67. The fourth-order valence-corrected chi connectivity index (χ4v) is 5.70. The molecule has 8 nitrogen and oxygen atoms in total. The van der Waals surface area contributed by atoms with Crippen molar-refractivity contribution >= 4 is 32.6 Å². The lowest BCUT2D eigenvalue weighted by molar-refractivity contribution is -0.132. The SMILES string of the molecule is CS(=O)(=O)c1cccc(CC(=O)N2CCC3(CC2)CC3CNC(=O)c2cc3ccncc3o2)c1. The third-order valence-corrected chi connectivity index (χ3v) is 8.32. The summed E-state index contributed by atoms with van der Waals surface area (Å²) in [5.41, 5.74) is 1.50. The number of likely N-dealkylation sites (tertiary alicyclic amines) is 1. The summed E-state index contributed by atoms with van der Waals surface area (Å²) in [6.07, 6.45) is 7.51. The Morgan fingerprint density at radius 2 is 2.00 bits per heavy atom. The molecule has 1 saturated carbocycles. The van der Waals surface area contributed by atoms with Crippen molar-refractivity contribution < 1.29 is 22.4 Å². The molecule has 5 rings (SSSR count). The van der Waals surface area contributed by atoms with E-state index in [1.807, 2.05) is 11.0 Å². The number of hydrogen-bond donors (Lipinski definition) is 1. The molecule has 9 heteroatoms. The van der Waals surface area contributed by atoms with E-state index in [4.69, 9.17) is 4.42 Å². The summed E-state index contributed by atoms with van der Waals surface area (Å²) in [6.45, 7) is 1.97. The largest absolute Gasteiger partial charge is 0.449 e. The Balaban J connectivity index is 1.11. The van der Waals surface area contributed by atoms with Crippen molar-refractivity contribution in [3.63, 3.8) is 0 Å². The third kappa shape index (κ3) is 4.57. The maximum atomic E-state index is 12.8. The van der Waals surface area contributed by atoms with Gasteiger partial charge in [-0.05, 0) is 60.4 Å². The fourth-order valence-electron chi connectivity index (χ4n) is 5.01. The number of sulfone groups is 1. The molecule has 34 heavy (non-hydrogen) atoms. The number of carbonyl (C=O) groups is 2. The highest BCUT2D eigenvalue weighted by atomic mass is 32.2. The van der Waals surface area contributed by atoms with Crippen LogP contribution in [-0.2, 0) is 21.1 Å². The lowest BCUT2D eigenvalue weighted by Crippen LogP contribution is -2.41. The molecule has 1 saturated heterocycles. The second kappa shape index (κ2) is 8.54. The van der Waals surface area contributed by atoms with Gasteiger partial charge >= 0.3 is 0 Å². The standard InChI is InChI=1S/C25H27N3O5S/c1-34(31,32)20-4-2-3-17(11-20)12-23(29)28-9-6-25(7-10-28)14-19(25)15-27-24(30)21-13-18-5-8-26-16-22(18)33-21/h2-5,8,11,13,16,19H,6-7,9-10,12,14-15H2,1H3,(H,27,30). The van der Waals surface area contributed by atoms with Crippen LogP contribution in [0.3, 0.4) is 0 Å². The molecular formula is C25H27N3O5S. The van der Waals surface area contributed by atoms with Crippen molar-refractivity contribution in [3.8, 4) is 0 Å². The van der Waals surface area contributed by atoms with Gasteiger partial charge in [0, 0.05) is 37.5 Å². The van der Waals surface area contributed by atoms with Crippen LogP contribution in [0.1, 0.15) is 35.4 Å². The minimum atomic E-state index is -3.30. The molecule has 2 amide bonds. The first kappa shape index (κ1) is 22.6. The van der Waals surface area contributed by atoms with Crippen molar-refractivity contribution in [3.05, 3.63) is 60.1 Å². The minimum Gasteiger partial charge on any atom is -0.449 e. The van der Waals surface area contributed by atoms with Crippen LogP contribution in [0.4, 0.5) is 0 Å². The maximum Gasteiger partial charge on any atom is 0.287 e. The van der Waals surface area contributed by atoms with E-state index < -0.39 is 9.84 Å². The van der Waals surface area contributed by atoms with Gasteiger partial charge in [0.15, 0.2) is 21.2 Å². The summed E-state index contributed by atoms with van der Waals surface area (Å²) in [7, 11) is -3.30. The molecule has 2 fully saturated rings. The number of benzene rings is 1. The number of carbonyl (C=O) groups excluding carboxylic acids is 2. The van der Waals surface area contributed by atoms with E-state index in [0.717, 1.165) is 24.6 Å². The number of furan rings is 1. The van der Waals surface area contributed by atoms with Crippen LogP contribution >= 0.6 is 0 Å². The van der Waals surface area contributed by atoms with Gasteiger partial charge in [-0.2, -0.15) is 0 Å². The number of nitrogens with one attached hydrogen (secondary N) is 1. The van der Waals surface area contributed by atoms with Gasteiger partial charge in [0.2, 0.25) is 5.91 Å². The molecule has 0 bridgehead atoms. The van der Waals surface area contributed by atoms with Crippen molar-refractivity contribution in [1.82, 2.24) is 15.2 Å². The second-order valence-electron chi connectivity index (χ2n) is 9.47. The van der Waals surface area contributed by atoms with Crippen LogP contribution in [0.15, 0.2) is 58.1 Å². The molecule has 1 aliphatic carbocycles. The highest BCUT2D eigenvalue weighted by Crippen LogP contribution is 2.59. The Hall–Kier alpha value is -3.20. The van der Waals surface area contributed by atoms with E-state index in [-0.39, 0.29) is 34.3 Å². The van der Waals surface area contributed by atoms with Gasteiger partial charge in [-0.25, -0.2) is 8.42 Å². The third-order valence-electron chi connectivity index (χ3n) is 7.21. The average molecular weight is 482 g/mol. The van der Waals surface area contributed by atoms with Crippen LogP contribution < -0.4 is 5.32 Å². The monoisotopic (exact) mass is 481 g/mol. The molecule has 178 valence electrons. The summed E-state index contributed by atoms with van der Waals surface area (Å²) >= 11 is 0. The highest BCUT2D eigenvalue weighted by molar-refractivity contribution is 7.90. The first-order valence-corrected chi connectivity index (χ1v) is 13.3. The lowest BCUT2D eigenvalue weighted by Gasteiger charge is -2.33. The number of amides is 2. The lowest BCUT2D eigenvalue weighted by atomic mass is 9.90. The van der Waals surface area contributed by atoms with Gasteiger partial charge in [0.05, 0.1) is 17.5 Å². The number of pyridine rings is 1. The van der Waals surface area contributed by atoms with E-state index in [1.54, 1.807) is 42.7 Å². The zero-order valence-corrected chi connectivity index (χ0v) is 19.8. The molecule has 1 unspecified atom stereocenters. The maximum absolute atomic E-state index is 12.8. The number of hydrogen-bond acceptors (Lipinski definition) is 6. The highest BCUT2D eigenvalue weighted by Gasteiger charge is 2.54. The Morgan fingerprint density at radius 3 is 2.74 bits per heavy atom. The Morgan fingerprint density at radius 1 is 1.21 bits per heavy atom. The van der Waals surface area contributed by atoms with Crippen LogP contribution in [-0.4, -0.2) is 56.0 Å². The first-order chi connectivity index (χ1) is 16.2. The van der Waals surface area contributed by atoms with Crippen molar-refractivity contribution in [2.24, 2.45) is 11.3 Å². The molecule has 3 heterocycles. The normalized spacial score (nSPS) is 19.3. The van der Waals surface area contributed by atoms with E-state index in [9.17, 15) is 18.0 Å². The quantitative estimate of drug-likeness (QED) is 0.580. The molecular weight excluding hydrogens is 454 g/mol. The summed E-state index contributed by atoms with van der Waals surface area (Å²) in [4.78, 5) is 31.4. The molecule has 1 aliphatic heterocycles. The molecule has 0 radical (unpaired) electrons. The predicted octanol–water partition coefficient (Wildman–Crippen LogP) is 2.83. The van der Waals surface area contributed by atoms with E-state index in [1.165, 1.54) is 6.26 Å². The van der Waals surface area contributed by atoms with Crippen molar-refractivity contribution in [2.75, 3.05) is 25.9 Å². The van der Waals surface area contributed by atoms with Gasteiger partial charge in [-0.1, -0.05) is 12.1 Å². The zero-order chi connectivity index (χ0) is 23.9. The van der Waals surface area contributed by atoms with Crippen LogP contribution in [0.2, 0.25) is 0 Å². The number of aromatic nitrogens is 1. The molecule has 2 aromatic heterocycles. The Bertz CT molecular complexity index is 1320. The van der Waals surface area contributed by atoms with E-state index in [0.29, 0.717) is 36.7 Å². The van der Waals surface area contributed by atoms with Crippen LogP contribution in [0.5, 0.6) is 0 Å². The molecule has 1 aromatic carbocycles. The predicted molar refractivity (Wildman–Crippen MR) is 126 cm³/mol. The van der Waals surface area contributed by atoms with Gasteiger partial charge in [0.25, 0.3) is 5.91 Å². The van der Waals surface area contributed by atoms with Gasteiger partial charge < -0.3 is 14.6 Å². The van der Waals surface area contributed by atoms with Gasteiger partial charge in [0.1, 0.15) is 0 Å². The number of rotatable bonds is 6. The smallest absolute Gasteiger partial charge is 0.287 e. The first-order valence-electron chi connectivity index (χ1n) is 11.4. The summed E-state index contributed by atoms with van der Waals surface area (Å²) < 4.78 is 29.1. The van der Waals surface area contributed by atoms with Crippen molar-refractivity contribution in [2.45, 2.75) is 30.6 Å². The van der Waals surface area contributed by atoms with Gasteiger partial charge in [-0.3, -0.25) is 14.6 Å². The molecule has 2 aliphatic rings.